The summed E-state index contributed by atoms with van der Waals surface area (Å²) in [7, 11) is 0. The van der Waals surface area contributed by atoms with Crippen molar-refractivity contribution in [2.24, 2.45) is 11.7 Å². The number of carbonyl (C=O) groups is 2. The number of nitrogens with two attached hydrogens (primary N) is 1. The zero-order chi connectivity index (χ0) is 20.9. The molecule has 162 valence electrons. The monoisotopic (exact) mass is 412 g/mol. The highest BCUT2D eigenvalue weighted by molar-refractivity contribution is 5.74. The molecule has 7 N–H and O–H groups in total. The first-order valence-electron chi connectivity index (χ1n) is 9.36. The van der Waals surface area contributed by atoms with Crippen molar-refractivity contribution < 1.29 is 27.2 Å². The van der Waals surface area contributed by atoms with E-state index in [2.05, 4.69) is 26.6 Å². The third-order valence-corrected chi connectivity index (χ3v) is 4.97. The van der Waals surface area contributed by atoms with Crippen LogP contribution in [0.15, 0.2) is 0 Å². The van der Waals surface area contributed by atoms with Crippen LogP contribution in [0.1, 0.15) is 39.0 Å². The summed E-state index contributed by atoms with van der Waals surface area (Å²) in [6, 6.07) is -1.35. The predicted molar refractivity (Wildman–Crippen MR) is 93.5 cm³/mol. The number of rotatable bonds is 6. The van der Waals surface area contributed by atoms with E-state index < -0.39 is 49.0 Å². The highest BCUT2D eigenvalue weighted by atomic mass is 19.4. The summed E-state index contributed by atoms with van der Waals surface area (Å²) in [5, 5.41) is 14.4. The van der Waals surface area contributed by atoms with Crippen molar-refractivity contribution in [3.8, 4) is 0 Å². The van der Waals surface area contributed by atoms with E-state index in [9.17, 15) is 27.2 Å². The average molecular weight is 412 g/mol. The third kappa shape index (κ3) is 7.06. The molecule has 0 radical (unpaired) electrons. The van der Waals surface area contributed by atoms with E-state index in [1.807, 2.05) is 6.92 Å². The van der Waals surface area contributed by atoms with Crippen molar-refractivity contribution in [2.45, 2.75) is 75.9 Å². The van der Waals surface area contributed by atoms with Crippen molar-refractivity contribution in [2.75, 3.05) is 6.54 Å². The van der Waals surface area contributed by atoms with Gasteiger partial charge in [-0.15, -0.1) is 0 Å². The Kier molecular flexibility index (Phi) is 7.84. The second kappa shape index (κ2) is 9.70. The number of urea groups is 1. The first kappa shape index (κ1) is 22.6. The zero-order valence-electron chi connectivity index (χ0n) is 15.6. The number of carbonyl (C=O) groups excluding carboxylic acids is 2. The van der Waals surface area contributed by atoms with Crippen LogP contribution in [0.4, 0.5) is 22.4 Å². The number of alkyl halides is 4. The highest BCUT2D eigenvalue weighted by Crippen LogP contribution is 2.39. The van der Waals surface area contributed by atoms with Gasteiger partial charge in [-0.2, -0.15) is 13.2 Å². The Morgan fingerprint density at radius 3 is 2.50 bits per heavy atom. The molecule has 2 fully saturated rings. The van der Waals surface area contributed by atoms with Gasteiger partial charge in [0.15, 0.2) is 0 Å². The fraction of sp³-hybridized carbons (Fsp3) is 0.875. The topological polar surface area (TPSA) is 120 Å². The van der Waals surface area contributed by atoms with Gasteiger partial charge in [0.25, 0.3) is 0 Å². The van der Waals surface area contributed by atoms with Crippen LogP contribution in [0.25, 0.3) is 0 Å². The largest absolute Gasteiger partial charge is 0.394 e. The fourth-order valence-electron chi connectivity index (χ4n) is 3.58. The molecule has 2 aliphatic rings. The number of hydrogen-bond acceptors (Lipinski definition) is 5. The summed E-state index contributed by atoms with van der Waals surface area (Å²) in [5.74, 6) is -2.49. The van der Waals surface area contributed by atoms with Gasteiger partial charge >= 0.3 is 12.2 Å². The second-order valence-electron chi connectivity index (χ2n) is 7.42. The normalized spacial score (nSPS) is 33.9. The molecule has 0 aromatic heterocycles. The minimum Gasteiger partial charge on any atom is -0.370 e. The van der Waals surface area contributed by atoms with Crippen LogP contribution < -0.4 is 32.3 Å². The Balaban J connectivity index is 1.80. The van der Waals surface area contributed by atoms with E-state index in [-0.39, 0.29) is 31.5 Å². The molecule has 1 aliphatic heterocycles. The van der Waals surface area contributed by atoms with E-state index in [4.69, 9.17) is 5.73 Å². The number of halogens is 4. The average Bonchev–Trinajstić information content (AvgIpc) is 2.54. The molecule has 6 atom stereocenters. The van der Waals surface area contributed by atoms with Crippen LogP contribution in [0.5, 0.6) is 0 Å². The SMILES string of the molecule is CC1CC(NCCC(N)=O)NC(NC(=O)NC2CCC(F)C(C(F)(F)F)C2)N1. The molecule has 3 amide bonds. The molecular formula is C16H28F4N6O2. The molecule has 1 heterocycles. The van der Waals surface area contributed by atoms with Crippen LogP contribution in [-0.2, 0) is 4.79 Å². The summed E-state index contributed by atoms with van der Waals surface area (Å²) in [6.07, 6.45) is -7.06. The minimum atomic E-state index is -4.62. The Morgan fingerprint density at radius 1 is 1.14 bits per heavy atom. The standard InChI is InChI=1S/C16H28F4N6O2/c1-8-6-13(22-5-4-12(21)27)25-14(23-8)26-15(28)24-9-2-3-11(17)10(7-9)16(18,19)20/h8-11,13-14,22-23,25H,2-7H2,1H3,(H2,21,27)(H2,24,26,28). The molecule has 8 nitrogen and oxygen atoms in total. The highest BCUT2D eigenvalue weighted by Gasteiger charge is 2.48. The molecule has 0 spiro atoms. The molecule has 12 heteroatoms. The van der Waals surface area contributed by atoms with E-state index >= 15 is 0 Å². The molecule has 2 rings (SSSR count). The van der Waals surface area contributed by atoms with Gasteiger partial charge in [0.05, 0.1) is 12.1 Å². The van der Waals surface area contributed by atoms with Crippen LogP contribution in [0, 0.1) is 5.92 Å². The van der Waals surface area contributed by atoms with Gasteiger partial charge in [-0.1, -0.05) is 0 Å². The van der Waals surface area contributed by atoms with Gasteiger partial charge in [-0.25, -0.2) is 9.18 Å². The molecule has 0 bridgehead atoms. The van der Waals surface area contributed by atoms with Crippen molar-refractivity contribution in [1.82, 2.24) is 26.6 Å². The first-order valence-corrected chi connectivity index (χ1v) is 9.36. The van der Waals surface area contributed by atoms with Crippen LogP contribution >= 0.6 is 0 Å². The summed E-state index contributed by atoms with van der Waals surface area (Å²) in [5.41, 5.74) is 5.09. The predicted octanol–water partition coefficient (Wildman–Crippen LogP) is 0.401. The number of nitrogens with one attached hydrogen (secondary N) is 5. The lowest BCUT2D eigenvalue weighted by Crippen LogP contribution is -2.68. The van der Waals surface area contributed by atoms with Crippen LogP contribution in [0.2, 0.25) is 0 Å². The Morgan fingerprint density at radius 2 is 1.86 bits per heavy atom. The lowest BCUT2D eigenvalue weighted by atomic mass is 9.84. The molecular weight excluding hydrogens is 384 g/mol. The lowest BCUT2D eigenvalue weighted by Gasteiger charge is -2.37. The molecule has 6 unspecified atom stereocenters. The quantitative estimate of drug-likeness (QED) is 0.353. The van der Waals surface area contributed by atoms with Crippen LogP contribution in [0.3, 0.4) is 0 Å². The Bertz CT molecular complexity index is 550. The number of primary amides is 1. The summed E-state index contributed by atoms with van der Waals surface area (Å²) in [4.78, 5) is 23.0. The first-order chi connectivity index (χ1) is 13.0. The minimum absolute atomic E-state index is 0.0363. The molecule has 1 saturated carbocycles. The molecule has 0 aromatic rings. The van der Waals surface area contributed by atoms with Gasteiger partial charge in [-0.3, -0.25) is 15.4 Å². The Hall–Kier alpha value is -1.66. The number of amides is 3. The fourth-order valence-corrected chi connectivity index (χ4v) is 3.58. The van der Waals surface area contributed by atoms with Gasteiger partial charge in [0.1, 0.15) is 12.5 Å². The maximum Gasteiger partial charge on any atom is 0.394 e. The van der Waals surface area contributed by atoms with E-state index in [1.165, 1.54) is 0 Å². The van der Waals surface area contributed by atoms with Crippen molar-refractivity contribution in [3.63, 3.8) is 0 Å². The second-order valence-corrected chi connectivity index (χ2v) is 7.42. The number of hydrogen-bond donors (Lipinski definition) is 6. The third-order valence-electron chi connectivity index (χ3n) is 4.97. The Labute approximate surface area is 160 Å². The molecule has 1 aliphatic carbocycles. The summed E-state index contributed by atoms with van der Waals surface area (Å²) >= 11 is 0. The van der Waals surface area contributed by atoms with E-state index in [0.717, 1.165) is 0 Å². The maximum absolute atomic E-state index is 13.6. The van der Waals surface area contributed by atoms with E-state index in [0.29, 0.717) is 13.0 Å². The van der Waals surface area contributed by atoms with Gasteiger partial charge < -0.3 is 21.7 Å². The smallest absolute Gasteiger partial charge is 0.370 e. The maximum atomic E-state index is 13.6. The van der Waals surface area contributed by atoms with E-state index in [1.54, 1.807) is 0 Å². The van der Waals surface area contributed by atoms with Crippen molar-refractivity contribution in [1.29, 1.82) is 0 Å². The zero-order valence-corrected chi connectivity index (χ0v) is 15.6. The van der Waals surface area contributed by atoms with Crippen LogP contribution in [-0.4, -0.2) is 55.4 Å². The van der Waals surface area contributed by atoms with Gasteiger partial charge in [0, 0.05) is 25.0 Å². The summed E-state index contributed by atoms with van der Waals surface area (Å²) in [6.45, 7) is 2.29. The molecule has 0 aromatic carbocycles. The van der Waals surface area contributed by atoms with Crippen molar-refractivity contribution in [3.05, 3.63) is 0 Å². The molecule has 28 heavy (non-hydrogen) atoms. The van der Waals surface area contributed by atoms with Gasteiger partial charge in [-0.05, 0) is 32.6 Å². The van der Waals surface area contributed by atoms with Gasteiger partial charge in [0.2, 0.25) is 5.91 Å². The molecule has 1 saturated heterocycles. The lowest BCUT2D eigenvalue weighted by molar-refractivity contribution is -0.199. The summed E-state index contributed by atoms with van der Waals surface area (Å²) < 4.78 is 52.2. The van der Waals surface area contributed by atoms with Crippen molar-refractivity contribution >= 4 is 11.9 Å².